The zero-order valence-corrected chi connectivity index (χ0v) is 16.2. The lowest BCUT2D eigenvalue weighted by Gasteiger charge is -2.24. The first kappa shape index (κ1) is 20.6. The van der Waals surface area contributed by atoms with Crippen LogP contribution < -0.4 is 14.8 Å². The summed E-state index contributed by atoms with van der Waals surface area (Å²) >= 11 is 0. The van der Waals surface area contributed by atoms with Crippen LogP contribution in [-0.2, 0) is 16.6 Å². The van der Waals surface area contributed by atoms with Crippen LogP contribution in [0.15, 0.2) is 58.5 Å². The quantitative estimate of drug-likeness (QED) is 0.589. The highest BCUT2D eigenvalue weighted by Gasteiger charge is 2.31. The summed E-state index contributed by atoms with van der Waals surface area (Å²) in [6.07, 6.45) is 1.33. The van der Waals surface area contributed by atoms with Gasteiger partial charge >= 0.3 is 0 Å². The fourth-order valence-electron chi connectivity index (χ4n) is 2.74. The number of nitrogens with one attached hydrogen (secondary N) is 2. The van der Waals surface area contributed by atoms with E-state index in [1.54, 1.807) is 0 Å². The molecule has 0 amide bonds. The minimum absolute atomic E-state index is 0.0562. The van der Waals surface area contributed by atoms with Crippen molar-refractivity contribution >= 4 is 21.7 Å². The molecule has 31 heavy (non-hydrogen) atoms. The predicted octanol–water partition coefficient (Wildman–Crippen LogP) is 3.69. The summed E-state index contributed by atoms with van der Waals surface area (Å²) in [7, 11) is -4.23. The Labute approximate surface area is 173 Å². The normalized spacial score (nSPS) is 15.7. The summed E-state index contributed by atoms with van der Waals surface area (Å²) in [5, 5.41) is 2.53. The maximum atomic E-state index is 14.5. The number of benzene rings is 2. The number of aliphatic imine (C=N–C) groups is 1. The summed E-state index contributed by atoms with van der Waals surface area (Å²) in [5.74, 6) is -6.01. The van der Waals surface area contributed by atoms with E-state index in [1.165, 1.54) is 12.3 Å². The van der Waals surface area contributed by atoms with Gasteiger partial charge in [0.15, 0.2) is 23.1 Å². The van der Waals surface area contributed by atoms with Gasteiger partial charge in [-0.2, -0.15) is 4.39 Å². The summed E-state index contributed by atoms with van der Waals surface area (Å²) in [5.41, 5.74) is -0.443. The van der Waals surface area contributed by atoms with Gasteiger partial charge in [0, 0.05) is 6.20 Å². The minimum atomic E-state index is -4.23. The average Bonchev–Trinajstić information content (AvgIpc) is 2.72. The Morgan fingerprint density at radius 2 is 1.74 bits per heavy atom. The fourth-order valence-corrected chi connectivity index (χ4v) is 3.88. The van der Waals surface area contributed by atoms with E-state index in [9.17, 15) is 26.0 Å². The largest absolute Gasteiger partial charge is 0.449 e. The van der Waals surface area contributed by atoms with Crippen molar-refractivity contribution in [2.45, 2.75) is 11.4 Å². The molecule has 0 spiro atoms. The number of halogens is 4. The molecule has 0 aliphatic carbocycles. The van der Waals surface area contributed by atoms with Crippen LogP contribution >= 0.6 is 0 Å². The molecule has 2 aromatic carbocycles. The lowest BCUT2D eigenvalue weighted by atomic mass is 10.2. The molecule has 1 aliphatic rings. The van der Waals surface area contributed by atoms with E-state index in [0.29, 0.717) is 0 Å². The number of hydrogen-bond acceptors (Lipinski definition) is 5. The summed E-state index contributed by atoms with van der Waals surface area (Å²) in [6, 6.07) is 7.33. The Kier molecular flexibility index (Phi) is 5.23. The van der Waals surface area contributed by atoms with Gasteiger partial charge in [-0.05, 0) is 36.4 Å². The molecule has 0 atom stereocenters. The van der Waals surface area contributed by atoms with Crippen molar-refractivity contribution in [2.75, 3.05) is 5.32 Å². The first-order valence-corrected chi connectivity index (χ1v) is 10.1. The molecule has 1 aromatic heterocycles. The molecule has 0 bridgehead atoms. The van der Waals surface area contributed by atoms with Crippen LogP contribution in [0.4, 0.5) is 23.2 Å². The summed E-state index contributed by atoms with van der Waals surface area (Å²) in [4.78, 5) is 7.31. The monoisotopic (exact) mass is 452 g/mol. The molecule has 0 unspecified atom stereocenters. The number of aromatic nitrogens is 1. The number of fused-ring (bicyclic) bond motifs is 1. The van der Waals surface area contributed by atoms with E-state index >= 15 is 0 Å². The molecule has 160 valence electrons. The number of anilines is 1. The highest BCUT2D eigenvalue weighted by Crippen LogP contribution is 2.39. The molecule has 0 saturated heterocycles. The number of rotatable bonds is 4. The molecule has 3 aromatic rings. The van der Waals surface area contributed by atoms with Gasteiger partial charge in [0.05, 0.1) is 12.2 Å². The van der Waals surface area contributed by atoms with E-state index in [-0.39, 0.29) is 23.9 Å². The minimum Gasteiger partial charge on any atom is -0.449 e. The van der Waals surface area contributed by atoms with Gasteiger partial charge in [-0.1, -0.05) is 6.07 Å². The lowest BCUT2D eigenvalue weighted by Crippen LogP contribution is -2.41. The van der Waals surface area contributed by atoms with Crippen molar-refractivity contribution in [3.05, 3.63) is 77.6 Å². The van der Waals surface area contributed by atoms with Crippen molar-refractivity contribution in [1.29, 1.82) is 0 Å². The van der Waals surface area contributed by atoms with E-state index in [4.69, 9.17) is 4.74 Å². The third-order valence-corrected chi connectivity index (χ3v) is 5.57. The van der Waals surface area contributed by atoms with E-state index in [0.717, 1.165) is 36.4 Å². The van der Waals surface area contributed by atoms with Gasteiger partial charge in [0.2, 0.25) is 11.8 Å². The Balaban J connectivity index is 1.74. The van der Waals surface area contributed by atoms with Crippen molar-refractivity contribution in [1.82, 2.24) is 9.71 Å². The molecule has 1 aliphatic heterocycles. The molecule has 12 heteroatoms. The molecular weight excluding hydrogens is 440 g/mol. The van der Waals surface area contributed by atoms with Crippen molar-refractivity contribution in [3.8, 4) is 11.5 Å². The highest BCUT2D eigenvalue weighted by atomic mass is 32.2. The molecule has 0 saturated carbocycles. The molecule has 4 rings (SSSR count). The van der Waals surface area contributed by atoms with Gasteiger partial charge in [0.25, 0.3) is 10.0 Å². The molecule has 2 heterocycles. The second kappa shape index (κ2) is 7.87. The maximum absolute atomic E-state index is 14.5. The summed E-state index contributed by atoms with van der Waals surface area (Å²) in [6.45, 7) is -0.336. The Morgan fingerprint density at radius 3 is 2.52 bits per heavy atom. The molecule has 7 nitrogen and oxygen atoms in total. The van der Waals surface area contributed by atoms with Crippen LogP contribution in [0.2, 0.25) is 0 Å². The fraction of sp³-hybridized carbons (Fsp3) is 0.0526. The molecule has 0 radical (unpaired) electrons. The molecule has 0 fully saturated rings. The lowest BCUT2D eigenvalue weighted by molar-refractivity contribution is 0.397. The van der Waals surface area contributed by atoms with Crippen molar-refractivity contribution in [3.63, 3.8) is 0 Å². The van der Waals surface area contributed by atoms with Crippen LogP contribution in [0.3, 0.4) is 0 Å². The molecular formula is C19H12F4N4O3S. The van der Waals surface area contributed by atoms with Gasteiger partial charge in [0.1, 0.15) is 16.4 Å². The number of ether oxygens (including phenoxy) is 1. The SMILES string of the molecule is O=S1(=O)NC(=NCc2ncccc2F)Nc2c1ccc(F)c2Oc1cccc(F)c1F. The zero-order chi connectivity index (χ0) is 22.2. The van der Waals surface area contributed by atoms with Crippen molar-refractivity contribution in [2.24, 2.45) is 4.99 Å². The van der Waals surface area contributed by atoms with Gasteiger partial charge in [-0.15, -0.1) is 0 Å². The summed E-state index contributed by atoms with van der Waals surface area (Å²) < 4.78 is 88.1. The van der Waals surface area contributed by atoms with Crippen molar-refractivity contribution < 1.29 is 30.7 Å². The van der Waals surface area contributed by atoms with Gasteiger partial charge in [-0.25, -0.2) is 31.3 Å². The maximum Gasteiger partial charge on any atom is 0.266 e. The van der Waals surface area contributed by atoms with E-state index < -0.39 is 49.7 Å². The molecule has 2 N–H and O–H groups in total. The zero-order valence-electron chi connectivity index (χ0n) is 15.4. The smallest absolute Gasteiger partial charge is 0.266 e. The van der Waals surface area contributed by atoms with Crippen LogP contribution in [0.25, 0.3) is 0 Å². The Bertz CT molecular complexity index is 1320. The number of pyridine rings is 1. The van der Waals surface area contributed by atoms with E-state index in [2.05, 4.69) is 20.0 Å². The topological polar surface area (TPSA) is 92.7 Å². The van der Waals surface area contributed by atoms with Crippen LogP contribution in [-0.4, -0.2) is 19.4 Å². The van der Waals surface area contributed by atoms with Gasteiger partial charge in [-0.3, -0.25) is 4.98 Å². The first-order valence-electron chi connectivity index (χ1n) is 8.64. The first-order chi connectivity index (χ1) is 14.8. The van der Waals surface area contributed by atoms with E-state index in [1.807, 2.05) is 0 Å². The second-order valence-corrected chi connectivity index (χ2v) is 7.88. The Morgan fingerprint density at radius 1 is 0.968 bits per heavy atom. The number of guanidine groups is 1. The third-order valence-electron chi connectivity index (χ3n) is 4.19. The number of nitrogens with zero attached hydrogens (tertiary/aromatic N) is 2. The van der Waals surface area contributed by atoms with Crippen LogP contribution in [0, 0.1) is 23.3 Å². The Hall–Kier alpha value is -3.67. The predicted molar refractivity (Wildman–Crippen MR) is 102 cm³/mol. The third kappa shape index (κ3) is 4.01. The number of sulfonamides is 1. The second-order valence-electron chi connectivity index (χ2n) is 6.23. The standard InChI is InChI=1S/C19H12F4N4O3S/c20-10-4-2-8-24-13(10)9-25-19-26-17-15(31(28,29)27-19)7-6-12(22)18(17)30-14-5-1-3-11(21)16(14)23/h1-8H,9H2,(H2,25,26,27). The average molecular weight is 452 g/mol. The van der Waals surface area contributed by atoms with Crippen LogP contribution in [0.1, 0.15) is 5.69 Å². The van der Waals surface area contributed by atoms with Crippen LogP contribution in [0.5, 0.6) is 11.5 Å². The van der Waals surface area contributed by atoms with Gasteiger partial charge < -0.3 is 10.1 Å². The number of hydrogen-bond donors (Lipinski definition) is 2. The highest BCUT2D eigenvalue weighted by molar-refractivity contribution is 7.90.